The lowest BCUT2D eigenvalue weighted by Gasteiger charge is -2.09. The fourth-order valence-corrected chi connectivity index (χ4v) is 3.05. The van der Waals surface area contributed by atoms with Crippen LogP contribution < -0.4 is 0 Å². The summed E-state index contributed by atoms with van der Waals surface area (Å²) in [5, 5.41) is 18.0. The monoisotopic (exact) mass is 354 g/mol. The summed E-state index contributed by atoms with van der Waals surface area (Å²) < 4.78 is 8.42. The van der Waals surface area contributed by atoms with Gasteiger partial charge in [0.2, 0.25) is 0 Å². The van der Waals surface area contributed by atoms with Crippen LogP contribution in [0.4, 0.5) is 0 Å². The van der Waals surface area contributed by atoms with Crippen LogP contribution in [0.5, 0.6) is 0 Å². The second kappa shape index (κ2) is 5.72. The van der Waals surface area contributed by atoms with Gasteiger partial charge in [-0.1, -0.05) is 16.8 Å². The number of carbonyl (C=O) groups is 1. The van der Waals surface area contributed by atoms with Gasteiger partial charge in [0.05, 0.1) is 29.4 Å². The van der Waals surface area contributed by atoms with Gasteiger partial charge in [-0.2, -0.15) is 5.26 Å². The molecule has 4 rings (SSSR count). The average molecular weight is 355 g/mol. The number of ether oxygens (including phenoxy) is 1. The number of imidazole rings is 1. The van der Waals surface area contributed by atoms with E-state index in [1.807, 2.05) is 6.07 Å². The Balaban J connectivity index is 2.02. The van der Waals surface area contributed by atoms with Gasteiger partial charge in [-0.3, -0.25) is 4.57 Å². The zero-order chi connectivity index (χ0) is 17.6. The van der Waals surface area contributed by atoms with Gasteiger partial charge in [0.25, 0.3) is 0 Å². The molecule has 8 nitrogen and oxygen atoms in total. The van der Waals surface area contributed by atoms with E-state index in [1.54, 1.807) is 34.6 Å². The molecule has 25 heavy (non-hydrogen) atoms. The third kappa shape index (κ3) is 2.28. The van der Waals surface area contributed by atoms with Crippen LogP contribution in [0.3, 0.4) is 0 Å². The van der Waals surface area contributed by atoms with E-state index in [2.05, 4.69) is 21.4 Å². The Hall–Kier alpha value is -3.18. The van der Waals surface area contributed by atoms with Crippen molar-refractivity contribution in [3.8, 4) is 17.4 Å². The molecule has 0 bridgehead atoms. The van der Waals surface area contributed by atoms with Crippen molar-refractivity contribution in [1.82, 2.24) is 24.5 Å². The van der Waals surface area contributed by atoms with Crippen LogP contribution in [-0.2, 0) is 11.2 Å². The van der Waals surface area contributed by atoms with Crippen LogP contribution in [-0.4, -0.2) is 37.1 Å². The van der Waals surface area contributed by atoms with Crippen molar-refractivity contribution in [3.05, 3.63) is 52.3 Å². The second-order valence-electron chi connectivity index (χ2n) is 5.35. The normalized spacial score (nSPS) is 11.7. The largest absolute Gasteiger partial charge is 0.461 e. The summed E-state index contributed by atoms with van der Waals surface area (Å²) in [6.45, 7) is 1.95. The van der Waals surface area contributed by atoms with Gasteiger partial charge in [0, 0.05) is 11.4 Å². The molecule has 2 aromatic heterocycles. The summed E-state index contributed by atoms with van der Waals surface area (Å²) in [7, 11) is 0. The molecular formula is C16H11ClN6O2. The molecule has 0 saturated carbocycles. The molecule has 0 N–H and O–H groups in total. The third-order valence-electron chi connectivity index (χ3n) is 3.96. The average Bonchev–Trinajstić information content (AvgIpc) is 3.17. The van der Waals surface area contributed by atoms with E-state index in [9.17, 15) is 10.1 Å². The highest BCUT2D eigenvalue weighted by atomic mass is 35.5. The van der Waals surface area contributed by atoms with E-state index < -0.39 is 5.97 Å². The van der Waals surface area contributed by atoms with Gasteiger partial charge in [0.15, 0.2) is 11.4 Å². The molecule has 1 aliphatic rings. The smallest absolute Gasteiger partial charge is 0.360 e. The summed E-state index contributed by atoms with van der Waals surface area (Å²) in [5.41, 5.74) is 2.96. The second-order valence-corrected chi connectivity index (χ2v) is 5.78. The van der Waals surface area contributed by atoms with Crippen molar-refractivity contribution < 1.29 is 9.53 Å². The van der Waals surface area contributed by atoms with Crippen molar-refractivity contribution >= 4 is 17.6 Å². The molecule has 124 valence electrons. The number of hydrogen-bond acceptors (Lipinski definition) is 6. The van der Waals surface area contributed by atoms with E-state index in [-0.39, 0.29) is 24.4 Å². The fourth-order valence-electron chi connectivity index (χ4n) is 2.88. The third-order valence-corrected chi connectivity index (χ3v) is 4.20. The highest BCUT2D eigenvalue weighted by molar-refractivity contribution is 6.30. The van der Waals surface area contributed by atoms with Crippen molar-refractivity contribution in [2.24, 2.45) is 0 Å². The lowest BCUT2D eigenvalue weighted by molar-refractivity contribution is 0.0518. The highest BCUT2D eigenvalue weighted by Gasteiger charge is 2.29. The topological polar surface area (TPSA) is 98.6 Å². The molecule has 0 radical (unpaired) electrons. The van der Waals surface area contributed by atoms with Gasteiger partial charge >= 0.3 is 5.97 Å². The van der Waals surface area contributed by atoms with Crippen LogP contribution in [0, 0.1) is 11.3 Å². The molecule has 0 spiro atoms. The molecular weight excluding hydrogens is 344 g/mol. The number of nitriles is 1. The predicted octanol–water partition coefficient (Wildman–Crippen LogP) is 2.06. The molecule has 3 heterocycles. The zero-order valence-electron chi connectivity index (χ0n) is 13.1. The molecule has 9 heteroatoms. The number of nitrogens with zero attached hydrogens (tertiary/aromatic N) is 6. The molecule has 0 fully saturated rings. The maximum absolute atomic E-state index is 12.2. The first kappa shape index (κ1) is 15.4. The van der Waals surface area contributed by atoms with Crippen molar-refractivity contribution in [2.45, 2.75) is 13.3 Å². The molecule has 0 atom stereocenters. The van der Waals surface area contributed by atoms with E-state index in [0.717, 1.165) is 5.69 Å². The number of hydrogen-bond donors (Lipinski definition) is 0. The zero-order valence-corrected chi connectivity index (χ0v) is 13.9. The van der Waals surface area contributed by atoms with E-state index in [4.69, 9.17) is 16.3 Å². The van der Waals surface area contributed by atoms with Crippen LogP contribution in [0.15, 0.2) is 24.5 Å². The van der Waals surface area contributed by atoms with Gasteiger partial charge < -0.3 is 4.74 Å². The van der Waals surface area contributed by atoms with Gasteiger partial charge in [0.1, 0.15) is 12.4 Å². The van der Waals surface area contributed by atoms with Crippen molar-refractivity contribution in [3.63, 3.8) is 0 Å². The summed E-state index contributed by atoms with van der Waals surface area (Å²) in [4.78, 5) is 16.4. The van der Waals surface area contributed by atoms with Crippen LogP contribution >= 0.6 is 11.6 Å². The predicted molar refractivity (Wildman–Crippen MR) is 87.0 cm³/mol. The van der Waals surface area contributed by atoms with E-state index in [1.165, 1.54) is 0 Å². The van der Waals surface area contributed by atoms with Gasteiger partial charge in [-0.05, 0) is 25.1 Å². The number of rotatable bonds is 2. The first-order valence-electron chi connectivity index (χ1n) is 7.52. The van der Waals surface area contributed by atoms with Crippen molar-refractivity contribution in [1.29, 1.82) is 5.26 Å². The molecule has 3 aromatic rings. The SMILES string of the molecule is CCOC(=O)c1nnn2c1Cc1c(C#N)ncn1-c1ccc(Cl)cc1-2. The number of fused-ring (bicyclic) bond motifs is 5. The molecule has 0 saturated heterocycles. The number of halogens is 1. The Labute approximate surface area is 147 Å². The highest BCUT2D eigenvalue weighted by Crippen LogP contribution is 2.31. The number of aromatic nitrogens is 5. The molecule has 0 unspecified atom stereocenters. The lowest BCUT2D eigenvalue weighted by atomic mass is 10.1. The summed E-state index contributed by atoms with van der Waals surface area (Å²) in [6, 6.07) is 7.36. The number of carbonyl (C=O) groups excluding carboxylic acids is 1. The molecule has 1 aliphatic heterocycles. The summed E-state index contributed by atoms with van der Waals surface area (Å²) >= 11 is 6.14. The minimum Gasteiger partial charge on any atom is -0.461 e. The Morgan fingerprint density at radius 2 is 2.24 bits per heavy atom. The van der Waals surface area contributed by atoms with E-state index >= 15 is 0 Å². The Bertz CT molecular complexity index is 1050. The van der Waals surface area contributed by atoms with Crippen LogP contribution in [0.1, 0.15) is 34.5 Å². The first-order chi connectivity index (χ1) is 12.1. The van der Waals surface area contributed by atoms with Gasteiger partial charge in [-0.25, -0.2) is 14.5 Å². The fraction of sp³-hybridized carbons (Fsp3) is 0.188. The Kier molecular flexibility index (Phi) is 3.51. The lowest BCUT2D eigenvalue weighted by Crippen LogP contribution is -2.10. The molecule has 0 aliphatic carbocycles. The van der Waals surface area contributed by atoms with E-state index in [0.29, 0.717) is 22.1 Å². The minimum absolute atomic E-state index is 0.117. The summed E-state index contributed by atoms with van der Waals surface area (Å²) in [5.74, 6) is -0.557. The molecule has 0 amide bonds. The van der Waals surface area contributed by atoms with Crippen LogP contribution in [0.25, 0.3) is 11.4 Å². The number of benzene rings is 1. The van der Waals surface area contributed by atoms with Gasteiger partial charge in [-0.15, -0.1) is 5.10 Å². The summed E-state index contributed by atoms with van der Waals surface area (Å²) in [6.07, 6.45) is 1.83. The Morgan fingerprint density at radius 3 is 3.00 bits per heavy atom. The standard InChI is InChI=1S/C16H11ClN6O2/c1-2-25-16(24)15-14-6-12-10(7-18)19-8-22(12)11-4-3-9(17)5-13(11)23(14)21-20-15/h3-5,8H,2,6H2,1H3. The maximum Gasteiger partial charge on any atom is 0.360 e. The minimum atomic E-state index is -0.557. The number of esters is 1. The quantitative estimate of drug-likeness (QED) is 0.511. The maximum atomic E-state index is 12.2. The molecule has 1 aromatic carbocycles. The van der Waals surface area contributed by atoms with Crippen LogP contribution in [0.2, 0.25) is 5.02 Å². The first-order valence-corrected chi connectivity index (χ1v) is 7.90. The van der Waals surface area contributed by atoms with Crippen molar-refractivity contribution in [2.75, 3.05) is 6.61 Å². The Morgan fingerprint density at radius 1 is 1.40 bits per heavy atom.